The lowest BCUT2D eigenvalue weighted by molar-refractivity contribution is -0.137. The Morgan fingerprint density at radius 2 is 1.90 bits per heavy atom. The molecule has 1 N–H and O–H groups in total. The molecule has 152 valence electrons. The predicted octanol–water partition coefficient (Wildman–Crippen LogP) is 4.70. The molecule has 0 saturated carbocycles. The van der Waals surface area contributed by atoms with Gasteiger partial charge in [0.1, 0.15) is 0 Å². The van der Waals surface area contributed by atoms with Crippen LogP contribution in [0.25, 0.3) is 17.1 Å². The third kappa shape index (κ3) is 4.74. The van der Waals surface area contributed by atoms with Crippen LogP contribution in [-0.2, 0) is 11.0 Å². The molecule has 3 aromatic rings. The second-order valence-corrected chi connectivity index (χ2v) is 6.26. The summed E-state index contributed by atoms with van der Waals surface area (Å²) in [4.78, 5) is 15.9. The highest BCUT2D eigenvalue weighted by molar-refractivity contribution is 5.90. The van der Waals surface area contributed by atoms with E-state index in [1.165, 1.54) is 23.9 Å². The fourth-order valence-electron chi connectivity index (χ4n) is 2.72. The van der Waals surface area contributed by atoms with Crippen molar-refractivity contribution < 1.29 is 22.7 Å². The van der Waals surface area contributed by atoms with Crippen molar-refractivity contribution in [2.24, 2.45) is 0 Å². The van der Waals surface area contributed by atoms with Crippen LogP contribution in [-0.4, -0.2) is 27.8 Å². The second kappa shape index (κ2) is 8.34. The summed E-state index contributed by atoms with van der Waals surface area (Å²) in [5, 5.41) is 6.98. The first-order valence-electron chi connectivity index (χ1n) is 8.90. The van der Waals surface area contributed by atoms with Crippen LogP contribution in [0.3, 0.4) is 0 Å². The number of carbonyl (C=O) groups excluding carboxylic acids is 1. The maximum absolute atomic E-state index is 13.1. The Balaban J connectivity index is 1.97. The number of alkyl halides is 3. The number of aromatic nitrogens is 3. The Kier molecular flexibility index (Phi) is 5.86. The molecular formula is C20H19F3N4O2. The smallest absolute Gasteiger partial charge is 0.416 e. The minimum atomic E-state index is -4.47. The Bertz CT molecular complexity index is 998. The van der Waals surface area contributed by atoms with E-state index in [0.717, 1.165) is 18.6 Å². The summed E-state index contributed by atoms with van der Waals surface area (Å²) in [6, 6.07) is 11.6. The summed E-state index contributed by atoms with van der Waals surface area (Å²) in [7, 11) is 1.38. The van der Waals surface area contributed by atoms with Gasteiger partial charge in [-0.1, -0.05) is 19.1 Å². The summed E-state index contributed by atoms with van der Waals surface area (Å²) in [6.45, 7) is 1.91. The lowest BCUT2D eigenvalue weighted by atomic mass is 10.1. The van der Waals surface area contributed by atoms with Gasteiger partial charge in [-0.15, -0.1) is 5.10 Å². The van der Waals surface area contributed by atoms with Gasteiger partial charge in [0.2, 0.25) is 5.91 Å². The summed E-state index contributed by atoms with van der Waals surface area (Å²) < 4.78 is 45.7. The quantitative estimate of drug-likeness (QED) is 0.647. The van der Waals surface area contributed by atoms with E-state index in [4.69, 9.17) is 4.74 Å². The summed E-state index contributed by atoms with van der Waals surface area (Å²) in [5.74, 6) is 0.114. The highest BCUT2D eigenvalue weighted by Crippen LogP contribution is 2.32. The van der Waals surface area contributed by atoms with E-state index in [1.54, 1.807) is 24.3 Å². The van der Waals surface area contributed by atoms with Crippen molar-refractivity contribution >= 4 is 11.6 Å². The monoisotopic (exact) mass is 404 g/mol. The van der Waals surface area contributed by atoms with E-state index >= 15 is 0 Å². The standard InChI is InChI=1S/C20H19F3N4O2/c1-3-5-17(28)24-15-8-10-16(11-9-15)27-18(25-19(26-27)29-2)13-6-4-7-14(12-13)20(21,22)23/h4,6-12H,3,5H2,1-2H3,(H,24,28). The maximum atomic E-state index is 13.1. The molecule has 0 radical (unpaired) electrons. The largest absolute Gasteiger partial charge is 0.466 e. The molecule has 0 aliphatic rings. The molecule has 0 saturated heterocycles. The van der Waals surface area contributed by atoms with Crippen molar-refractivity contribution in [2.75, 3.05) is 12.4 Å². The molecule has 0 atom stereocenters. The van der Waals surface area contributed by atoms with Crippen molar-refractivity contribution in [2.45, 2.75) is 25.9 Å². The van der Waals surface area contributed by atoms with Crippen LogP contribution in [0.1, 0.15) is 25.3 Å². The van der Waals surface area contributed by atoms with Crippen molar-refractivity contribution in [3.8, 4) is 23.1 Å². The molecule has 6 nitrogen and oxygen atoms in total. The van der Waals surface area contributed by atoms with Crippen LogP contribution < -0.4 is 10.1 Å². The zero-order valence-corrected chi connectivity index (χ0v) is 15.8. The summed E-state index contributed by atoms with van der Waals surface area (Å²) in [5.41, 5.74) is 0.634. The average Bonchev–Trinajstić information content (AvgIpc) is 3.13. The molecule has 3 rings (SSSR count). The van der Waals surface area contributed by atoms with Crippen LogP contribution in [0, 0.1) is 0 Å². The molecule has 29 heavy (non-hydrogen) atoms. The number of amides is 1. The Hall–Kier alpha value is -3.36. The Morgan fingerprint density at radius 3 is 2.52 bits per heavy atom. The number of hydrogen-bond acceptors (Lipinski definition) is 4. The van der Waals surface area contributed by atoms with Gasteiger partial charge < -0.3 is 10.1 Å². The van der Waals surface area contributed by atoms with Gasteiger partial charge in [0.05, 0.1) is 18.4 Å². The number of nitrogens with one attached hydrogen (secondary N) is 1. The molecule has 0 aliphatic carbocycles. The van der Waals surface area contributed by atoms with Crippen molar-refractivity contribution in [1.29, 1.82) is 0 Å². The lowest BCUT2D eigenvalue weighted by Crippen LogP contribution is -2.10. The highest BCUT2D eigenvalue weighted by Gasteiger charge is 2.31. The molecular weight excluding hydrogens is 385 g/mol. The maximum Gasteiger partial charge on any atom is 0.416 e. The number of carbonyl (C=O) groups is 1. The Morgan fingerprint density at radius 1 is 1.17 bits per heavy atom. The van der Waals surface area contributed by atoms with Gasteiger partial charge in [-0.05, 0) is 42.8 Å². The third-order valence-electron chi connectivity index (χ3n) is 4.09. The van der Waals surface area contributed by atoms with Crippen molar-refractivity contribution in [1.82, 2.24) is 14.8 Å². The van der Waals surface area contributed by atoms with Gasteiger partial charge in [0.15, 0.2) is 5.82 Å². The van der Waals surface area contributed by atoms with Gasteiger partial charge in [-0.25, -0.2) is 4.68 Å². The number of nitrogens with zero attached hydrogens (tertiary/aromatic N) is 3. The van der Waals surface area contributed by atoms with E-state index in [2.05, 4.69) is 15.4 Å². The van der Waals surface area contributed by atoms with E-state index in [0.29, 0.717) is 17.8 Å². The molecule has 0 spiro atoms. The van der Waals surface area contributed by atoms with E-state index in [-0.39, 0.29) is 23.3 Å². The molecule has 9 heteroatoms. The molecule has 0 aliphatic heterocycles. The fraction of sp³-hybridized carbons (Fsp3) is 0.250. The number of anilines is 1. The van der Waals surface area contributed by atoms with Gasteiger partial charge in [-0.2, -0.15) is 18.2 Å². The van der Waals surface area contributed by atoms with E-state index < -0.39 is 11.7 Å². The van der Waals surface area contributed by atoms with Crippen molar-refractivity contribution in [3.05, 3.63) is 54.1 Å². The first-order chi connectivity index (χ1) is 13.8. The van der Waals surface area contributed by atoms with Crippen LogP contribution in [0.15, 0.2) is 48.5 Å². The van der Waals surface area contributed by atoms with Crippen LogP contribution in [0.5, 0.6) is 6.01 Å². The SMILES string of the molecule is CCCC(=O)Nc1ccc(-n2nc(OC)nc2-c2cccc(C(F)(F)F)c2)cc1. The number of hydrogen-bond donors (Lipinski definition) is 1. The van der Waals surface area contributed by atoms with Crippen LogP contribution >= 0.6 is 0 Å². The van der Waals surface area contributed by atoms with Gasteiger partial charge >= 0.3 is 12.2 Å². The van der Waals surface area contributed by atoms with Crippen LogP contribution in [0.2, 0.25) is 0 Å². The number of methoxy groups -OCH3 is 1. The van der Waals surface area contributed by atoms with Crippen LogP contribution in [0.4, 0.5) is 18.9 Å². The number of benzene rings is 2. The topological polar surface area (TPSA) is 69.0 Å². The number of halogens is 3. The molecule has 0 unspecified atom stereocenters. The Labute approximate surface area is 165 Å². The second-order valence-electron chi connectivity index (χ2n) is 6.26. The number of rotatable bonds is 6. The summed E-state index contributed by atoms with van der Waals surface area (Å²) in [6.07, 6.45) is -3.31. The zero-order chi connectivity index (χ0) is 21.0. The molecule has 1 amide bonds. The van der Waals surface area contributed by atoms with Gasteiger partial charge in [-0.3, -0.25) is 4.79 Å². The molecule has 0 fully saturated rings. The zero-order valence-electron chi connectivity index (χ0n) is 15.8. The normalized spacial score (nSPS) is 11.3. The minimum absolute atomic E-state index is 0.0257. The first kappa shape index (κ1) is 20.4. The van der Waals surface area contributed by atoms with E-state index in [1.807, 2.05) is 6.92 Å². The molecule has 2 aromatic carbocycles. The minimum Gasteiger partial charge on any atom is -0.466 e. The molecule has 1 aromatic heterocycles. The summed E-state index contributed by atoms with van der Waals surface area (Å²) >= 11 is 0. The van der Waals surface area contributed by atoms with Gasteiger partial charge in [0, 0.05) is 17.7 Å². The van der Waals surface area contributed by atoms with E-state index in [9.17, 15) is 18.0 Å². The first-order valence-corrected chi connectivity index (χ1v) is 8.90. The third-order valence-corrected chi connectivity index (χ3v) is 4.09. The average molecular weight is 404 g/mol. The lowest BCUT2D eigenvalue weighted by Gasteiger charge is -2.10. The highest BCUT2D eigenvalue weighted by atomic mass is 19.4. The number of ether oxygens (including phenoxy) is 1. The van der Waals surface area contributed by atoms with Crippen molar-refractivity contribution in [3.63, 3.8) is 0 Å². The predicted molar refractivity (Wildman–Crippen MR) is 102 cm³/mol. The van der Waals surface area contributed by atoms with Gasteiger partial charge in [0.25, 0.3) is 0 Å². The molecule has 1 heterocycles. The fourth-order valence-corrected chi connectivity index (χ4v) is 2.72. The molecule has 0 bridgehead atoms.